The van der Waals surface area contributed by atoms with E-state index in [0.29, 0.717) is 25.1 Å². The molecule has 34 heavy (non-hydrogen) atoms. The van der Waals surface area contributed by atoms with Gasteiger partial charge in [0.1, 0.15) is 0 Å². The zero-order valence-electron chi connectivity index (χ0n) is 20.0. The summed E-state index contributed by atoms with van der Waals surface area (Å²) in [7, 11) is 1.65. The molecule has 3 aromatic rings. The maximum atomic E-state index is 13.3. The van der Waals surface area contributed by atoms with Crippen LogP contribution in [0, 0.1) is 19.8 Å². The van der Waals surface area contributed by atoms with E-state index in [1.54, 1.807) is 11.9 Å². The summed E-state index contributed by atoms with van der Waals surface area (Å²) >= 11 is 0. The van der Waals surface area contributed by atoms with E-state index in [4.69, 9.17) is 0 Å². The molecule has 4 rings (SSSR count). The molecule has 0 aromatic heterocycles. The van der Waals surface area contributed by atoms with Crippen LogP contribution in [0.4, 0.5) is 5.69 Å². The van der Waals surface area contributed by atoms with Crippen molar-refractivity contribution in [2.45, 2.75) is 26.7 Å². The van der Waals surface area contributed by atoms with Gasteiger partial charge in [0.05, 0.1) is 12.5 Å². The number of amides is 3. The second kappa shape index (κ2) is 10.1. The van der Waals surface area contributed by atoms with Gasteiger partial charge in [-0.05, 0) is 54.7 Å². The number of fused-ring (bicyclic) bond motifs is 1. The number of carbonyl (C=O) groups is 3. The molecule has 1 saturated heterocycles. The Kier molecular flexibility index (Phi) is 6.96. The van der Waals surface area contributed by atoms with Gasteiger partial charge in [-0.2, -0.15) is 0 Å². The smallest absolute Gasteiger partial charge is 0.254 e. The van der Waals surface area contributed by atoms with Gasteiger partial charge in [-0.15, -0.1) is 0 Å². The Balaban J connectivity index is 1.40. The number of carbonyl (C=O) groups excluding carboxylic acids is 3. The highest BCUT2D eigenvalue weighted by Crippen LogP contribution is 2.25. The molecule has 0 aliphatic carbocycles. The number of likely N-dealkylation sites (tertiary alicyclic amines) is 1. The molecule has 176 valence electrons. The molecule has 3 aromatic carbocycles. The number of nitrogens with zero attached hydrogens (tertiary/aromatic N) is 2. The Morgan fingerprint density at radius 3 is 2.41 bits per heavy atom. The highest BCUT2D eigenvalue weighted by atomic mass is 16.2. The Morgan fingerprint density at radius 2 is 1.65 bits per heavy atom. The molecule has 1 N–H and O–H groups in total. The zero-order chi connectivity index (χ0) is 24.2. The number of hydrogen-bond acceptors (Lipinski definition) is 3. The van der Waals surface area contributed by atoms with Crippen LogP contribution in [0.3, 0.4) is 0 Å². The summed E-state index contributed by atoms with van der Waals surface area (Å²) in [5.41, 5.74) is 3.42. The summed E-state index contributed by atoms with van der Waals surface area (Å²) in [5, 5.41) is 4.88. The lowest BCUT2D eigenvalue weighted by Crippen LogP contribution is -2.47. The first-order valence-electron chi connectivity index (χ1n) is 11.7. The fourth-order valence-electron chi connectivity index (χ4n) is 4.74. The number of hydrogen-bond donors (Lipinski definition) is 1. The molecule has 1 aliphatic rings. The van der Waals surface area contributed by atoms with Gasteiger partial charge in [-0.3, -0.25) is 14.4 Å². The summed E-state index contributed by atoms with van der Waals surface area (Å²) in [6.07, 6.45) is 1.47. The predicted octanol–water partition coefficient (Wildman–Crippen LogP) is 4.41. The Labute approximate surface area is 200 Å². The van der Waals surface area contributed by atoms with Crippen LogP contribution in [0.15, 0.2) is 60.7 Å². The molecule has 0 radical (unpaired) electrons. The van der Waals surface area contributed by atoms with Crippen LogP contribution < -0.4 is 5.32 Å². The Bertz CT molecular complexity index is 1210. The highest BCUT2D eigenvalue weighted by Gasteiger charge is 2.31. The quantitative estimate of drug-likeness (QED) is 0.617. The normalized spacial score (nSPS) is 15.7. The summed E-state index contributed by atoms with van der Waals surface area (Å²) in [4.78, 5) is 42.4. The van der Waals surface area contributed by atoms with Gasteiger partial charge >= 0.3 is 0 Å². The Morgan fingerprint density at radius 1 is 0.971 bits per heavy atom. The largest absolute Gasteiger partial charge is 0.338 e. The maximum Gasteiger partial charge on any atom is 0.254 e. The third-order valence-corrected chi connectivity index (χ3v) is 6.58. The van der Waals surface area contributed by atoms with E-state index in [1.165, 1.54) is 4.90 Å². The van der Waals surface area contributed by atoms with Gasteiger partial charge in [-0.25, -0.2) is 0 Å². The summed E-state index contributed by atoms with van der Waals surface area (Å²) in [5.74, 6) is -0.699. The van der Waals surface area contributed by atoms with Gasteiger partial charge in [-0.1, -0.05) is 54.6 Å². The van der Waals surface area contributed by atoms with Crippen molar-refractivity contribution in [1.29, 1.82) is 0 Å². The van der Waals surface area contributed by atoms with E-state index in [-0.39, 0.29) is 30.2 Å². The van der Waals surface area contributed by atoms with Crippen molar-refractivity contribution in [2.24, 2.45) is 5.92 Å². The number of benzene rings is 3. The van der Waals surface area contributed by atoms with Crippen molar-refractivity contribution in [1.82, 2.24) is 9.80 Å². The molecule has 6 heteroatoms. The molecule has 0 saturated carbocycles. The van der Waals surface area contributed by atoms with E-state index < -0.39 is 0 Å². The van der Waals surface area contributed by atoms with Crippen molar-refractivity contribution < 1.29 is 14.4 Å². The third kappa shape index (κ3) is 4.96. The van der Waals surface area contributed by atoms with Crippen LogP contribution in [-0.4, -0.2) is 54.2 Å². The van der Waals surface area contributed by atoms with Gasteiger partial charge in [0.25, 0.3) is 5.91 Å². The van der Waals surface area contributed by atoms with Crippen LogP contribution in [0.2, 0.25) is 0 Å². The molecule has 6 nitrogen and oxygen atoms in total. The van der Waals surface area contributed by atoms with Crippen LogP contribution in [-0.2, 0) is 9.59 Å². The van der Waals surface area contributed by atoms with Crippen LogP contribution >= 0.6 is 0 Å². The van der Waals surface area contributed by atoms with Crippen molar-refractivity contribution in [3.63, 3.8) is 0 Å². The second-order valence-electron chi connectivity index (χ2n) is 9.13. The zero-order valence-corrected chi connectivity index (χ0v) is 20.0. The highest BCUT2D eigenvalue weighted by molar-refractivity contribution is 6.07. The number of aryl methyl sites for hydroxylation is 2. The molecule has 3 amide bonds. The number of rotatable bonds is 5. The molecule has 1 aliphatic heterocycles. The lowest BCUT2D eigenvalue weighted by Gasteiger charge is -2.34. The third-order valence-electron chi connectivity index (χ3n) is 6.58. The van der Waals surface area contributed by atoms with Gasteiger partial charge in [0.15, 0.2) is 0 Å². The Hall–Kier alpha value is -3.67. The van der Waals surface area contributed by atoms with Crippen molar-refractivity contribution in [3.8, 4) is 0 Å². The van der Waals surface area contributed by atoms with Crippen molar-refractivity contribution in [2.75, 3.05) is 32.0 Å². The first kappa shape index (κ1) is 23.5. The molecule has 1 fully saturated rings. The van der Waals surface area contributed by atoms with E-state index in [0.717, 1.165) is 34.0 Å². The minimum absolute atomic E-state index is 0.0274. The number of anilines is 1. The van der Waals surface area contributed by atoms with Gasteiger partial charge < -0.3 is 15.1 Å². The first-order chi connectivity index (χ1) is 16.3. The van der Waals surface area contributed by atoms with E-state index in [9.17, 15) is 14.4 Å². The molecular weight excluding hydrogens is 426 g/mol. The standard InChI is InChI=1S/C28H31N3O3/c1-19-9-6-10-20(2)26(19)29-25(32)18-30(3)27(33)22-13-8-16-31(17-22)28(34)24-15-7-12-21-11-4-5-14-23(21)24/h4-7,9-12,14-15,22H,8,13,16-18H2,1-3H3,(H,29,32). The second-order valence-corrected chi connectivity index (χ2v) is 9.13. The number of nitrogens with one attached hydrogen (secondary N) is 1. The van der Waals surface area contributed by atoms with Crippen LogP contribution in [0.5, 0.6) is 0 Å². The minimum Gasteiger partial charge on any atom is -0.338 e. The SMILES string of the molecule is Cc1cccc(C)c1NC(=O)CN(C)C(=O)C1CCCN(C(=O)c2cccc3ccccc23)C1. The molecule has 1 unspecified atom stereocenters. The number of para-hydroxylation sites is 1. The van der Waals surface area contributed by atoms with E-state index >= 15 is 0 Å². The summed E-state index contributed by atoms with van der Waals surface area (Å²) in [6.45, 7) is 4.86. The van der Waals surface area contributed by atoms with Crippen molar-refractivity contribution >= 4 is 34.2 Å². The monoisotopic (exact) mass is 457 g/mol. The molecule has 1 heterocycles. The van der Waals surface area contributed by atoms with E-state index in [1.807, 2.05) is 74.5 Å². The number of piperidine rings is 1. The lowest BCUT2D eigenvalue weighted by molar-refractivity contribution is -0.138. The molecule has 0 spiro atoms. The van der Waals surface area contributed by atoms with Gasteiger partial charge in [0, 0.05) is 31.4 Å². The van der Waals surface area contributed by atoms with Crippen molar-refractivity contribution in [3.05, 3.63) is 77.4 Å². The fourth-order valence-corrected chi connectivity index (χ4v) is 4.74. The summed E-state index contributed by atoms with van der Waals surface area (Å²) in [6, 6.07) is 19.4. The van der Waals surface area contributed by atoms with Gasteiger partial charge in [0.2, 0.25) is 11.8 Å². The summed E-state index contributed by atoms with van der Waals surface area (Å²) < 4.78 is 0. The average molecular weight is 458 g/mol. The number of likely N-dealkylation sites (N-methyl/N-ethyl adjacent to an activating group) is 1. The van der Waals surface area contributed by atoms with Crippen LogP contribution in [0.25, 0.3) is 10.8 Å². The lowest BCUT2D eigenvalue weighted by atomic mass is 9.95. The maximum absolute atomic E-state index is 13.3. The topological polar surface area (TPSA) is 69.7 Å². The molecule has 1 atom stereocenters. The minimum atomic E-state index is -0.314. The molecule has 0 bridgehead atoms. The van der Waals surface area contributed by atoms with E-state index in [2.05, 4.69) is 5.32 Å². The average Bonchev–Trinajstić information content (AvgIpc) is 2.85. The fraction of sp³-hybridized carbons (Fsp3) is 0.321. The van der Waals surface area contributed by atoms with Crippen LogP contribution in [0.1, 0.15) is 34.3 Å². The first-order valence-corrected chi connectivity index (χ1v) is 11.7. The molecular formula is C28H31N3O3. The predicted molar refractivity (Wildman–Crippen MR) is 135 cm³/mol.